The number of hydrogen-bond acceptors (Lipinski definition) is 1. The molecule has 0 spiro atoms. The van der Waals surface area contributed by atoms with Crippen LogP contribution in [0.2, 0.25) is 0 Å². The van der Waals surface area contributed by atoms with Gasteiger partial charge < -0.3 is 4.90 Å². The third-order valence-electron chi connectivity index (χ3n) is 5.15. The summed E-state index contributed by atoms with van der Waals surface area (Å²) in [7, 11) is 0. The quantitative estimate of drug-likeness (QED) is 0.787. The van der Waals surface area contributed by atoms with Crippen LogP contribution >= 0.6 is 0 Å². The maximum atomic E-state index is 2.66. The Kier molecular flexibility index (Phi) is 3.52. The fourth-order valence-corrected chi connectivity index (χ4v) is 4.07. The second-order valence-corrected chi connectivity index (χ2v) is 6.42. The van der Waals surface area contributed by atoms with E-state index < -0.39 is 0 Å². The van der Waals surface area contributed by atoms with Crippen molar-refractivity contribution in [3.05, 3.63) is 59.7 Å². The van der Waals surface area contributed by atoms with Crippen molar-refractivity contribution < 1.29 is 0 Å². The van der Waals surface area contributed by atoms with Crippen molar-refractivity contribution in [2.75, 3.05) is 19.6 Å². The first-order valence-corrected chi connectivity index (χ1v) is 8.34. The summed E-state index contributed by atoms with van der Waals surface area (Å²) < 4.78 is 0. The highest BCUT2D eigenvalue weighted by molar-refractivity contribution is 5.78. The summed E-state index contributed by atoms with van der Waals surface area (Å²) >= 11 is 0. The summed E-state index contributed by atoms with van der Waals surface area (Å²) in [5.41, 5.74) is 5.99. The van der Waals surface area contributed by atoms with Crippen molar-refractivity contribution in [1.82, 2.24) is 4.90 Å². The first-order valence-electron chi connectivity index (χ1n) is 8.34. The predicted octanol–water partition coefficient (Wildman–Crippen LogP) is 4.67. The van der Waals surface area contributed by atoms with E-state index in [1.165, 1.54) is 67.6 Å². The molecule has 0 saturated carbocycles. The second-order valence-electron chi connectivity index (χ2n) is 6.42. The van der Waals surface area contributed by atoms with Crippen molar-refractivity contribution in [3.8, 4) is 11.1 Å². The Balaban J connectivity index is 1.59. The molecule has 1 fully saturated rings. The lowest BCUT2D eigenvalue weighted by atomic mass is 9.93. The molecule has 1 saturated heterocycles. The molecule has 2 aromatic carbocycles. The monoisotopic (exact) mass is 277 g/mol. The van der Waals surface area contributed by atoms with E-state index in [2.05, 4.69) is 53.4 Å². The van der Waals surface area contributed by atoms with Gasteiger partial charge in [-0.3, -0.25) is 0 Å². The van der Waals surface area contributed by atoms with Gasteiger partial charge in [-0.25, -0.2) is 0 Å². The number of likely N-dealkylation sites (tertiary alicyclic amines) is 1. The third kappa shape index (κ3) is 2.40. The average Bonchev–Trinajstić information content (AvgIpc) is 2.88. The maximum absolute atomic E-state index is 2.66. The zero-order valence-corrected chi connectivity index (χ0v) is 12.6. The molecule has 0 N–H and O–H groups in total. The standard InChI is InChI=1S/C20H23N/c1-6-13-21(14-7-1)15-12-20-18-10-4-2-8-16(18)17-9-3-5-11-19(17)20/h2-5,8-11,20H,1,6-7,12-15H2. The van der Waals surface area contributed by atoms with Gasteiger partial charge >= 0.3 is 0 Å². The Labute approximate surface area is 127 Å². The smallest absolute Gasteiger partial charge is 0.0114 e. The molecule has 1 aliphatic carbocycles. The van der Waals surface area contributed by atoms with E-state index in [0.29, 0.717) is 5.92 Å². The Morgan fingerprint density at radius 3 is 1.95 bits per heavy atom. The van der Waals surface area contributed by atoms with Crippen LogP contribution in [0.25, 0.3) is 11.1 Å². The van der Waals surface area contributed by atoms with Crippen molar-refractivity contribution in [1.29, 1.82) is 0 Å². The Hall–Kier alpha value is -1.60. The zero-order chi connectivity index (χ0) is 14.1. The van der Waals surface area contributed by atoms with Crippen LogP contribution in [0.4, 0.5) is 0 Å². The van der Waals surface area contributed by atoms with Crippen LogP contribution in [0.3, 0.4) is 0 Å². The van der Waals surface area contributed by atoms with E-state index in [9.17, 15) is 0 Å². The van der Waals surface area contributed by atoms with E-state index in [-0.39, 0.29) is 0 Å². The van der Waals surface area contributed by atoms with Gasteiger partial charge in [-0.15, -0.1) is 0 Å². The van der Waals surface area contributed by atoms with Gasteiger partial charge in [0.2, 0.25) is 0 Å². The van der Waals surface area contributed by atoms with E-state index in [0.717, 1.165) is 0 Å². The minimum absolute atomic E-state index is 0.597. The number of piperidine rings is 1. The van der Waals surface area contributed by atoms with Gasteiger partial charge in [0, 0.05) is 5.92 Å². The predicted molar refractivity (Wildman–Crippen MR) is 88.6 cm³/mol. The third-order valence-corrected chi connectivity index (χ3v) is 5.15. The topological polar surface area (TPSA) is 3.24 Å². The number of benzene rings is 2. The summed E-state index contributed by atoms with van der Waals surface area (Å²) in [6.45, 7) is 3.85. The van der Waals surface area contributed by atoms with Crippen LogP contribution in [0.5, 0.6) is 0 Å². The molecule has 1 heterocycles. The molecular formula is C20H23N. The molecule has 0 unspecified atom stereocenters. The molecule has 1 heteroatoms. The molecule has 21 heavy (non-hydrogen) atoms. The van der Waals surface area contributed by atoms with Crippen molar-refractivity contribution in [2.24, 2.45) is 0 Å². The molecule has 108 valence electrons. The van der Waals surface area contributed by atoms with Gasteiger partial charge in [0.15, 0.2) is 0 Å². The largest absolute Gasteiger partial charge is 0.303 e. The molecule has 0 bridgehead atoms. The van der Waals surface area contributed by atoms with Crippen molar-refractivity contribution in [2.45, 2.75) is 31.6 Å². The van der Waals surface area contributed by atoms with Gasteiger partial charge in [0.1, 0.15) is 0 Å². The minimum Gasteiger partial charge on any atom is -0.303 e. The minimum atomic E-state index is 0.597. The molecule has 4 rings (SSSR count). The van der Waals surface area contributed by atoms with Crippen LogP contribution in [0.1, 0.15) is 42.7 Å². The summed E-state index contributed by atoms with van der Waals surface area (Å²) in [6, 6.07) is 18.0. The highest BCUT2D eigenvalue weighted by Gasteiger charge is 2.28. The summed E-state index contributed by atoms with van der Waals surface area (Å²) in [5.74, 6) is 0.597. The van der Waals surface area contributed by atoms with E-state index in [1.54, 1.807) is 0 Å². The summed E-state index contributed by atoms with van der Waals surface area (Å²) in [4.78, 5) is 2.66. The zero-order valence-electron chi connectivity index (χ0n) is 12.6. The van der Waals surface area contributed by atoms with E-state index in [4.69, 9.17) is 0 Å². The van der Waals surface area contributed by atoms with E-state index in [1.807, 2.05) is 0 Å². The lowest BCUT2D eigenvalue weighted by molar-refractivity contribution is 0.224. The molecule has 0 atom stereocenters. The molecule has 0 amide bonds. The molecule has 0 aromatic heterocycles. The highest BCUT2D eigenvalue weighted by atomic mass is 15.1. The van der Waals surface area contributed by atoms with Gasteiger partial charge in [0.25, 0.3) is 0 Å². The molecular weight excluding hydrogens is 254 g/mol. The van der Waals surface area contributed by atoms with Crippen molar-refractivity contribution in [3.63, 3.8) is 0 Å². The summed E-state index contributed by atoms with van der Waals surface area (Å²) in [5, 5.41) is 0. The highest BCUT2D eigenvalue weighted by Crippen LogP contribution is 2.46. The van der Waals surface area contributed by atoms with Gasteiger partial charge in [-0.2, -0.15) is 0 Å². The first-order chi connectivity index (χ1) is 10.4. The first kappa shape index (κ1) is 13.1. The van der Waals surface area contributed by atoms with Crippen LogP contribution in [0.15, 0.2) is 48.5 Å². The molecule has 2 aliphatic rings. The van der Waals surface area contributed by atoms with Crippen molar-refractivity contribution >= 4 is 0 Å². The van der Waals surface area contributed by atoms with Crippen LogP contribution < -0.4 is 0 Å². The molecule has 2 aromatic rings. The number of fused-ring (bicyclic) bond motifs is 3. The molecule has 0 radical (unpaired) electrons. The molecule has 1 aliphatic heterocycles. The summed E-state index contributed by atoms with van der Waals surface area (Å²) in [6.07, 6.45) is 5.45. The molecule has 1 nitrogen and oxygen atoms in total. The maximum Gasteiger partial charge on any atom is 0.0114 e. The normalized spacial score (nSPS) is 18.5. The van der Waals surface area contributed by atoms with Crippen LogP contribution in [-0.4, -0.2) is 24.5 Å². The number of rotatable bonds is 3. The van der Waals surface area contributed by atoms with Gasteiger partial charge in [-0.1, -0.05) is 55.0 Å². The fourth-order valence-electron chi connectivity index (χ4n) is 4.07. The van der Waals surface area contributed by atoms with Crippen LogP contribution in [0, 0.1) is 0 Å². The number of hydrogen-bond donors (Lipinski definition) is 0. The Bertz CT molecular complexity index is 580. The lowest BCUT2D eigenvalue weighted by Crippen LogP contribution is -2.31. The van der Waals surface area contributed by atoms with E-state index >= 15 is 0 Å². The second kappa shape index (κ2) is 5.65. The SMILES string of the molecule is c1ccc2c(c1)-c1ccccc1C2CCN1CCCCC1. The van der Waals surface area contributed by atoms with Crippen LogP contribution in [-0.2, 0) is 0 Å². The average molecular weight is 277 g/mol. The fraction of sp³-hybridized carbons (Fsp3) is 0.400. The van der Waals surface area contributed by atoms with Gasteiger partial charge in [-0.05, 0) is 61.2 Å². The number of nitrogens with zero attached hydrogens (tertiary/aromatic N) is 1. The lowest BCUT2D eigenvalue weighted by Gasteiger charge is -2.27. The van der Waals surface area contributed by atoms with Gasteiger partial charge in [0.05, 0.1) is 0 Å². The Morgan fingerprint density at radius 2 is 1.33 bits per heavy atom. The Morgan fingerprint density at radius 1 is 0.762 bits per heavy atom.